The van der Waals surface area contributed by atoms with E-state index in [4.69, 9.17) is 35.4 Å². The van der Waals surface area contributed by atoms with Gasteiger partial charge >= 0.3 is 0 Å². The van der Waals surface area contributed by atoms with Crippen LogP contribution in [0.2, 0.25) is 10.0 Å². The lowest BCUT2D eigenvalue weighted by atomic mass is 10.1. The Morgan fingerprint density at radius 3 is 2.72 bits per heavy atom. The van der Waals surface area contributed by atoms with Gasteiger partial charge in [-0.3, -0.25) is 4.79 Å². The van der Waals surface area contributed by atoms with E-state index in [-0.39, 0.29) is 5.91 Å². The molecule has 1 fully saturated rings. The lowest BCUT2D eigenvalue weighted by Gasteiger charge is -2.06. The van der Waals surface area contributed by atoms with Crippen LogP contribution in [0.3, 0.4) is 0 Å². The molecule has 3 nitrogen and oxygen atoms in total. The Kier molecular flexibility index (Phi) is 5.59. The minimum absolute atomic E-state index is 0.252. The predicted octanol–water partition coefficient (Wildman–Crippen LogP) is 5.54. The molecule has 2 aromatic rings. The van der Waals surface area contributed by atoms with Crippen LogP contribution in [0.5, 0.6) is 0 Å². The molecule has 1 saturated heterocycles. The van der Waals surface area contributed by atoms with Gasteiger partial charge in [-0.15, -0.1) is 0 Å². The summed E-state index contributed by atoms with van der Waals surface area (Å²) in [6.45, 7) is 2.00. The van der Waals surface area contributed by atoms with E-state index in [1.54, 1.807) is 18.2 Å². The second-order valence-electron chi connectivity index (χ2n) is 5.32. The lowest BCUT2D eigenvalue weighted by Crippen LogP contribution is -2.22. The number of benzene rings is 2. The van der Waals surface area contributed by atoms with E-state index in [0.29, 0.717) is 24.8 Å². The molecule has 1 heterocycles. The molecule has 0 aliphatic carbocycles. The van der Waals surface area contributed by atoms with Gasteiger partial charge in [0.05, 0.1) is 16.1 Å². The molecule has 1 aliphatic rings. The molecule has 1 aliphatic heterocycles. The number of thioether (sulfide) groups is 1. The van der Waals surface area contributed by atoms with Crippen molar-refractivity contribution in [2.45, 2.75) is 6.92 Å². The van der Waals surface area contributed by atoms with Crippen molar-refractivity contribution >= 4 is 69.7 Å². The summed E-state index contributed by atoms with van der Waals surface area (Å²) in [6.07, 6.45) is 3.32. The van der Waals surface area contributed by atoms with E-state index < -0.39 is 0 Å². The number of thiocarbonyl (C=S) groups is 1. The summed E-state index contributed by atoms with van der Waals surface area (Å²) < 4.78 is 0.380. The van der Waals surface area contributed by atoms with Crippen LogP contribution in [0, 0.1) is 6.92 Å². The summed E-state index contributed by atoms with van der Waals surface area (Å²) in [4.78, 5) is 13.1. The highest BCUT2D eigenvalue weighted by Gasteiger charge is 2.32. The van der Waals surface area contributed by atoms with E-state index >= 15 is 0 Å². The molecule has 0 unspecified atom stereocenters. The van der Waals surface area contributed by atoms with Gasteiger partial charge in [0.25, 0.3) is 5.91 Å². The third-order valence-corrected chi connectivity index (χ3v) is 5.23. The van der Waals surface area contributed by atoms with E-state index in [2.05, 4.69) is 5.10 Å². The molecule has 126 valence electrons. The molecule has 0 radical (unpaired) electrons. The number of carbonyl (C=O) groups is 1. The molecule has 0 aromatic heterocycles. The number of aryl methyl sites for hydroxylation is 1. The molecule has 0 saturated carbocycles. The fraction of sp³-hybridized carbons (Fsp3) is 0.0556. The van der Waals surface area contributed by atoms with Crippen molar-refractivity contribution in [3.63, 3.8) is 0 Å². The Balaban J connectivity index is 1.83. The molecule has 2 aromatic carbocycles. The monoisotopic (exact) mass is 406 g/mol. The quantitative estimate of drug-likeness (QED) is 0.381. The van der Waals surface area contributed by atoms with Crippen molar-refractivity contribution in [3.8, 4) is 0 Å². The topological polar surface area (TPSA) is 32.7 Å². The number of hydrazone groups is 1. The summed E-state index contributed by atoms with van der Waals surface area (Å²) in [5.41, 5.74) is 2.73. The zero-order valence-electron chi connectivity index (χ0n) is 13.1. The molecule has 0 atom stereocenters. The molecule has 7 heteroatoms. The van der Waals surface area contributed by atoms with Crippen molar-refractivity contribution in [1.29, 1.82) is 0 Å². The number of rotatable bonds is 3. The van der Waals surface area contributed by atoms with Crippen LogP contribution >= 0.6 is 47.2 Å². The van der Waals surface area contributed by atoms with Gasteiger partial charge in [0.1, 0.15) is 0 Å². The van der Waals surface area contributed by atoms with Crippen molar-refractivity contribution in [3.05, 3.63) is 74.1 Å². The third-order valence-electron chi connectivity index (χ3n) is 3.39. The van der Waals surface area contributed by atoms with Crippen LogP contribution in [0.25, 0.3) is 6.08 Å². The molecule has 0 spiro atoms. The number of hydrogen-bond donors (Lipinski definition) is 0. The largest absolute Gasteiger partial charge is 0.286 e. The maximum absolute atomic E-state index is 12.5. The molecular formula is C18H12Cl2N2OS2. The number of nitrogens with zero attached hydrogens (tertiary/aromatic N) is 2. The average molecular weight is 407 g/mol. The predicted molar refractivity (Wildman–Crippen MR) is 110 cm³/mol. The highest BCUT2D eigenvalue weighted by atomic mass is 35.5. The van der Waals surface area contributed by atoms with Crippen LogP contribution in [-0.4, -0.2) is 21.5 Å². The molecule has 0 bridgehead atoms. The fourth-order valence-electron chi connectivity index (χ4n) is 2.20. The van der Waals surface area contributed by atoms with Crippen molar-refractivity contribution in [2.75, 3.05) is 0 Å². The first-order valence-corrected chi connectivity index (χ1v) is 9.26. The standard InChI is InChI=1S/C18H12Cl2N2OS2/c1-11-3-2-4-12(7-11)8-16-17(23)22(18(24)25-16)21-10-13-5-6-14(19)9-15(13)20/h2-10H,1H3/b16-8+,21-10+. The van der Waals surface area contributed by atoms with Gasteiger partial charge in [-0.2, -0.15) is 10.1 Å². The number of hydrogen-bond acceptors (Lipinski definition) is 4. The van der Waals surface area contributed by atoms with E-state index in [1.165, 1.54) is 23.0 Å². The number of halogens is 2. The molecule has 0 N–H and O–H groups in total. The van der Waals surface area contributed by atoms with Gasteiger partial charge in [0.2, 0.25) is 0 Å². The Bertz CT molecular complexity index is 925. The Labute approximate surface area is 165 Å². The second-order valence-corrected chi connectivity index (χ2v) is 7.84. The summed E-state index contributed by atoms with van der Waals surface area (Å²) in [5.74, 6) is -0.252. The number of amides is 1. The fourth-order valence-corrected chi connectivity index (χ4v) is 3.83. The van der Waals surface area contributed by atoms with Crippen molar-refractivity contribution < 1.29 is 4.79 Å². The normalized spacial score (nSPS) is 16.4. The van der Waals surface area contributed by atoms with Gasteiger partial charge in [0, 0.05) is 10.6 Å². The first-order chi connectivity index (χ1) is 11.9. The summed E-state index contributed by atoms with van der Waals surface area (Å²) in [7, 11) is 0. The lowest BCUT2D eigenvalue weighted by molar-refractivity contribution is -0.122. The van der Waals surface area contributed by atoms with E-state index in [9.17, 15) is 4.79 Å². The van der Waals surface area contributed by atoms with Crippen LogP contribution in [0.1, 0.15) is 16.7 Å². The van der Waals surface area contributed by atoms with Crippen LogP contribution in [0.4, 0.5) is 0 Å². The maximum atomic E-state index is 12.5. The highest BCUT2D eigenvalue weighted by Crippen LogP contribution is 2.33. The Morgan fingerprint density at radius 1 is 1.20 bits per heavy atom. The zero-order valence-corrected chi connectivity index (χ0v) is 16.2. The van der Waals surface area contributed by atoms with Crippen molar-refractivity contribution in [2.24, 2.45) is 5.10 Å². The van der Waals surface area contributed by atoms with Crippen molar-refractivity contribution in [1.82, 2.24) is 5.01 Å². The summed E-state index contributed by atoms with van der Waals surface area (Å²) in [6, 6.07) is 12.9. The second kappa shape index (κ2) is 7.70. The first kappa shape index (κ1) is 18.1. The Hall–Kier alpha value is -1.66. The number of carbonyl (C=O) groups excluding carboxylic acids is 1. The zero-order chi connectivity index (χ0) is 18.0. The third kappa shape index (κ3) is 4.30. The van der Waals surface area contributed by atoms with Crippen LogP contribution in [-0.2, 0) is 4.79 Å². The maximum Gasteiger partial charge on any atom is 0.286 e. The Morgan fingerprint density at radius 2 is 2.00 bits per heavy atom. The van der Waals surface area contributed by atoms with Gasteiger partial charge in [-0.05, 0) is 42.9 Å². The van der Waals surface area contributed by atoms with Gasteiger partial charge < -0.3 is 0 Å². The van der Waals surface area contributed by atoms with Gasteiger partial charge in [-0.1, -0.05) is 70.9 Å². The minimum atomic E-state index is -0.252. The smallest absolute Gasteiger partial charge is 0.266 e. The SMILES string of the molecule is Cc1cccc(/C=C2/SC(=S)N(/N=C/c3ccc(Cl)cc3Cl)C2=O)c1. The van der Waals surface area contributed by atoms with Gasteiger partial charge in [0.15, 0.2) is 4.32 Å². The molecule has 25 heavy (non-hydrogen) atoms. The highest BCUT2D eigenvalue weighted by molar-refractivity contribution is 8.26. The molecule has 3 rings (SSSR count). The molecular weight excluding hydrogens is 395 g/mol. The summed E-state index contributed by atoms with van der Waals surface area (Å²) in [5, 5.41) is 6.38. The van der Waals surface area contributed by atoms with E-state index in [1.807, 2.05) is 37.3 Å². The van der Waals surface area contributed by atoms with E-state index in [0.717, 1.165) is 11.1 Å². The van der Waals surface area contributed by atoms with Crippen LogP contribution in [0.15, 0.2) is 52.5 Å². The molecule has 1 amide bonds. The average Bonchev–Trinajstić information content (AvgIpc) is 2.81. The minimum Gasteiger partial charge on any atom is -0.266 e. The van der Waals surface area contributed by atoms with Gasteiger partial charge in [-0.25, -0.2) is 0 Å². The summed E-state index contributed by atoms with van der Waals surface area (Å²) >= 11 is 18.5. The first-order valence-electron chi connectivity index (χ1n) is 7.28. The van der Waals surface area contributed by atoms with Crippen LogP contribution < -0.4 is 0 Å².